The van der Waals surface area contributed by atoms with Crippen LogP contribution in [0.15, 0.2) is 84.7 Å². The fourth-order valence-electron chi connectivity index (χ4n) is 5.14. The number of nitrogens with zero attached hydrogens (tertiary/aromatic N) is 4. The summed E-state index contributed by atoms with van der Waals surface area (Å²) < 4.78 is 45.9. The summed E-state index contributed by atoms with van der Waals surface area (Å²) in [5.74, 6) is 0.733. The fraction of sp³-hybridized carbons (Fsp3) is 0.333. The van der Waals surface area contributed by atoms with Gasteiger partial charge in [-0.1, -0.05) is 24.3 Å². The lowest BCUT2D eigenvalue weighted by Crippen LogP contribution is -2.56. The summed E-state index contributed by atoms with van der Waals surface area (Å²) in [5.41, 5.74) is 2.20. The molecule has 1 aliphatic carbocycles. The number of aromatic nitrogens is 2. The summed E-state index contributed by atoms with van der Waals surface area (Å²) in [6.07, 6.45) is 9.60. The molecule has 9 nitrogen and oxygen atoms in total. The van der Waals surface area contributed by atoms with Gasteiger partial charge in [0.2, 0.25) is 5.91 Å². The second-order valence-electron chi connectivity index (χ2n) is 10.5. The number of halogens is 1. The highest BCUT2D eigenvalue weighted by Gasteiger charge is 2.35. The van der Waals surface area contributed by atoms with Crippen molar-refractivity contribution < 1.29 is 27.4 Å². The minimum atomic E-state index is -3.24. The van der Waals surface area contributed by atoms with Crippen LogP contribution in [-0.4, -0.2) is 65.0 Å². The second kappa shape index (κ2) is 12.3. The molecular weight excluding hydrogens is 547 g/mol. The number of benzene rings is 2. The summed E-state index contributed by atoms with van der Waals surface area (Å²) in [6.45, 7) is 1.13. The highest BCUT2D eigenvalue weighted by atomic mass is 32.2. The Morgan fingerprint density at radius 3 is 2.76 bits per heavy atom. The average Bonchev–Trinajstić information content (AvgIpc) is 3.34. The van der Waals surface area contributed by atoms with E-state index in [1.54, 1.807) is 41.7 Å². The van der Waals surface area contributed by atoms with E-state index in [9.17, 15) is 22.7 Å². The number of carbonyl (C=O) groups is 1. The van der Waals surface area contributed by atoms with Crippen molar-refractivity contribution in [1.82, 2.24) is 14.5 Å². The number of allylic oxidation sites excluding steroid dienone is 3. The van der Waals surface area contributed by atoms with Crippen LogP contribution < -0.4 is 9.64 Å². The standard InChI is InChI=1S/C30H33FN4O5S/c1-41(38,39)13-12-24-19-35(28-10-2-3-11-29(28)40-27-9-5-8-26(36)15-27)30(37)20-33(24)18-25-16-32-21-34(25)17-22-6-4-7-23(31)14-22/h2-4,6-7,9-11,14-16,21,24,36H,5,8,12-13,17-20H2,1H3. The fourth-order valence-corrected chi connectivity index (χ4v) is 5.84. The molecule has 216 valence electrons. The van der Waals surface area contributed by atoms with E-state index in [1.807, 2.05) is 33.7 Å². The first kappa shape index (κ1) is 28.6. The molecular formula is C30H33FN4O5S. The number of carbonyl (C=O) groups excluding carboxylic acids is 1. The Bertz CT molecular complexity index is 1580. The highest BCUT2D eigenvalue weighted by molar-refractivity contribution is 7.90. The number of piperazine rings is 1. The van der Waals surface area contributed by atoms with Crippen LogP contribution in [0.1, 0.15) is 30.5 Å². The average molecular weight is 581 g/mol. The third kappa shape index (κ3) is 7.42. The summed E-state index contributed by atoms with van der Waals surface area (Å²) in [4.78, 5) is 21.5. The molecule has 2 heterocycles. The quantitative estimate of drug-likeness (QED) is 0.383. The number of aliphatic hydroxyl groups excluding tert-OH is 1. The van der Waals surface area contributed by atoms with Crippen LogP contribution in [0, 0.1) is 5.82 Å². The van der Waals surface area contributed by atoms with E-state index < -0.39 is 9.84 Å². The lowest BCUT2D eigenvalue weighted by Gasteiger charge is -2.41. The lowest BCUT2D eigenvalue weighted by molar-refractivity contribution is -0.122. The van der Waals surface area contributed by atoms with Gasteiger partial charge in [0.15, 0.2) is 5.75 Å². The second-order valence-corrected chi connectivity index (χ2v) is 12.7. The van der Waals surface area contributed by atoms with Crippen LogP contribution in [0.4, 0.5) is 10.1 Å². The molecule has 0 spiro atoms. The number of imidazole rings is 1. The zero-order valence-electron chi connectivity index (χ0n) is 22.8. The number of aliphatic hydroxyl groups is 1. The molecule has 1 saturated heterocycles. The third-order valence-electron chi connectivity index (χ3n) is 7.22. The Morgan fingerprint density at radius 2 is 1.98 bits per heavy atom. The minimum Gasteiger partial charge on any atom is -0.512 e. The Morgan fingerprint density at radius 1 is 1.15 bits per heavy atom. The van der Waals surface area contributed by atoms with Crippen molar-refractivity contribution in [3.63, 3.8) is 0 Å². The number of hydrogen-bond donors (Lipinski definition) is 1. The van der Waals surface area contributed by atoms with Gasteiger partial charge in [0, 0.05) is 50.6 Å². The summed E-state index contributed by atoms with van der Waals surface area (Å²) >= 11 is 0. The lowest BCUT2D eigenvalue weighted by atomic mass is 10.1. The topological polar surface area (TPSA) is 105 Å². The normalized spacial score (nSPS) is 18.2. The molecule has 11 heteroatoms. The molecule has 0 saturated carbocycles. The van der Waals surface area contributed by atoms with Crippen molar-refractivity contribution in [1.29, 1.82) is 0 Å². The minimum absolute atomic E-state index is 0.0200. The molecule has 5 rings (SSSR count). The van der Waals surface area contributed by atoms with E-state index in [4.69, 9.17) is 4.74 Å². The van der Waals surface area contributed by atoms with Crippen LogP contribution in [-0.2, 0) is 27.7 Å². The van der Waals surface area contributed by atoms with Gasteiger partial charge in [0.05, 0.1) is 35.8 Å². The summed E-state index contributed by atoms with van der Waals surface area (Å²) in [5, 5.41) is 9.92. The first-order valence-corrected chi connectivity index (χ1v) is 15.5. The maximum absolute atomic E-state index is 13.7. The van der Waals surface area contributed by atoms with Gasteiger partial charge in [0.25, 0.3) is 0 Å². The van der Waals surface area contributed by atoms with Crippen molar-refractivity contribution in [2.45, 2.75) is 38.4 Å². The van der Waals surface area contributed by atoms with Gasteiger partial charge in [0.1, 0.15) is 21.4 Å². The summed E-state index contributed by atoms with van der Waals surface area (Å²) in [7, 11) is -3.24. The first-order valence-electron chi connectivity index (χ1n) is 13.5. The van der Waals surface area contributed by atoms with Crippen molar-refractivity contribution in [2.75, 3.05) is 30.0 Å². The molecule has 0 radical (unpaired) electrons. The van der Waals surface area contributed by atoms with Gasteiger partial charge in [-0.25, -0.2) is 17.8 Å². The van der Waals surface area contributed by atoms with Crippen molar-refractivity contribution in [2.24, 2.45) is 0 Å². The number of anilines is 1. The molecule has 1 aliphatic heterocycles. The molecule has 1 fully saturated rings. The van der Waals surface area contributed by atoms with E-state index in [-0.39, 0.29) is 42.4 Å². The van der Waals surface area contributed by atoms with Gasteiger partial charge in [-0.15, -0.1) is 0 Å². The van der Waals surface area contributed by atoms with Gasteiger partial charge >= 0.3 is 0 Å². The molecule has 1 atom stereocenters. The molecule has 1 aromatic heterocycles. The summed E-state index contributed by atoms with van der Waals surface area (Å²) in [6, 6.07) is 13.3. The van der Waals surface area contributed by atoms with Crippen LogP contribution in [0.5, 0.6) is 5.75 Å². The number of ether oxygens (including phenoxy) is 1. The van der Waals surface area contributed by atoms with E-state index >= 15 is 0 Å². The number of sulfone groups is 1. The molecule has 1 unspecified atom stereocenters. The Kier molecular flexibility index (Phi) is 8.55. The zero-order chi connectivity index (χ0) is 29.0. The monoisotopic (exact) mass is 580 g/mol. The van der Waals surface area contributed by atoms with E-state index in [1.165, 1.54) is 18.4 Å². The Hall–Kier alpha value is -3.96. The molecule has 1 amide bonds. The predicted octanol–water partition coefficient (Wildman–Crippen LogP) is 4.22. The van der Waals surface area contributed by atoms with Gasteiger partial charge in [-0.2, -0.15) is 0 Å². The van der Waals surface area contributed by atoms with Gasteiger partial charge < -0.3 is 19.3 Å². The molecule has 0 bridgehead atoms. The maximum Gasteiger partial charge on any atom is 0.241 e. The van der Waals surface area contributed by atoms with Crippen LogP contribution in [0.3, 0.4) is 0 Å². The first-order chi connectivity index (χ1) is 19.6. The number of rotatable bonds is 10. The highest BCUT2D eigenvalue weighted by Crippen LogP contribution is 2.33. The van der Waals surface area contributed by atoms with Crippen molar-refractivity contribution >= 4 is 21.4 Å². The van der Waals surface area contributed by atoms with E-state index in [0.29, 0.717) is 49.5 Å². The molecule has 3 aromatic rings. The number of para-hydroxylation sites is 2. The van der Waals surface area contributed by atoms with Crippen molar-refractivity contribution in [3.05, 3.63) is 102 Å². The molecule has 41 heavy (non-hydrogen) atoms. The van der Waals surface area contributed by atoms with E-state index in [2.05, 4.69) is 4.98 Å². The van der Waals surface area contributed by atoms with Crippen LogP contribution in [0.25, 0.3) is 0 Å². The zero-order valence-corrected chi connectivity index (χ0v) is 23.6. The van der Waals surface area contributed by atoms with E-state index in [0.717, 1.165) is 11.3 Å². The number of hydrogen-bond acceptors (Lipinski definition) is 7. The largest absolute Gasteiger partial charge is 0.512 e. The molecule has 1 N–H and O–H groups in total. The smallest absolute Gasteiger partial charge is 0.241 e. The maximum atomic E-state index is 13.7. The van der Waals surface area contributed by atoms with Gasteiger partial charge in [-0.3, -0.25) is 9.69 Å². The van der Waals surface area contributed by atoms with Crippen molar-refractivity contribution in [3.8, 4) is 5.75 Å². The molecule has 2 aromatic carbocycles. The molecule has 2 aliphatic rings. The third-order valence-corrected chi connectivity index (χ3v) is 8.19. The predicted molar refractivity (Wildman–Crippen MR) is 154 cm³/mol. The SMILES string of the molecule is CS(=O)(=O)CCC1CN(c2ccccc2OC2=CCCC(O)=C2)C(=O)CN1Cc1cncn1Cc1cccc(F)c1. The Balaban J connectivity index is 1.38. The van der Waals surface area contributed by atoms with Crippen LogP contribution >= 0.6 is 0 Å². The van der Waals surface area contributed by atoms with Crippen LogP contribution in [0.2, 0.25) is 0 Å². The number of amides is 1. The van der Waals surface area contributed by atoms with Gasteiger partial charge in [-0.05, 0) is 48.7 Å². The Labute approximate surface area is 239 Å².